The highest BCUT2D eigenvalue weighted by Crippen LogP contribution is 2.25. The molecule has 3 rings (SSSR count). The molecule has 1 aromatic heterocycles. The Labute approximate surface area is 166 Å². The van der Waals surface area contributed by atoms with E-state index >= 15 is 0 Å². The highest BCUT2D eigenvalue weighted by molar-refractivity contribution is 7.10. The highest BCUT2D eigenvalue weighted by Gasteiger charge is 2.23. The van der Waals surface area contributed by atoms with Crippen LogP contribution in [0.25, 0.3) is 0 Å². The molecular formula is C19H23F2N3O3S. The molecule has 9 heteroatoms. The monoisotopic (exact) mass is 411 g/mol. The lowest BCUT2D eigenvalue weighted by molar-refractivity contribution is 0.0174. The molecule has 152 valence electrons. The third-order valence-electron chi connectivity index (χ3n) is 4.35. The van der Waals surface area contributed by atoms with Crippen LogP contribution in [0.2, 0.25) is 0 Å². The molecular weight excluding hydrogens is 388 g/mol. The van der Waals surface area contributed by atoms with Crippen LogP contribution < -0.4 is 15.4 Å². The molecule has 2 heterocycles. The van der Waals surface area contributed by atoms with Crippen molar-refractivity contribution in [1.82, 2.24) is 15.5 Å². The van der Waals surface area contributed by atoms with Crippen LogP contribution in [0.4, 0.5) is 13.6 Å². The number of hydrogen-bond donors (Lipinski definition) is 2. The van der Waals surface area contributed by atoms with E-state index in [0.29, 0.717) is 19.8 Å². The third kappa shape index (κ3) is 5.88. The van der Waals surface area contributed by atoms with E-state index < -0.39 is 11.6 Å². The van der Waals surface area contributed by atoms with E-state index in [1.165, 1.54) is 10.9 Å². The van der Waals surface area contributed by atoms with Crippen molar-refractivity contribution in [3.8, 4) is 5.75 Å². The van der Waals surface area contributed by atoms with Crippen LogP contribution in [0.3, 0.4) is 0 Å². The predicted molar refractivity (Wildman–Crippen MR) is 103 cm³/mol. The molecule has 0 bridgehead atoms. The summed E-state index contributed by atoms with van der Waals surface area (Å²) in [5, 5.41) is 7.58. The van der Waals surface area contributed by atoms with Crippen molar-refractivity contribution in [2.45, 2.75) is 6.04 Å². The summed E-state index contributed by atoms with van der Waals surface area (Å²) in [5.74, 6) is -1.48. The fraction of sp³-hybridized carbons (Fsp3) is 0.421. The number of nitrogens with one attached hydrogen (secondary N) is 2. The van der Waals surface area contributed by atoms with Gasteiger partial charge in [-0.15, -0.1) is 11.3 Å². The average molecular weight is 411 g/mol. The summed E-state index contributed by atoms with van der Waals surface area (Å²) in [6.45, 7) is 3.76. The van der Waals surface area contributed by atoms with Gasteiger partial charge in [-0.1, -0.05) is 6.07 Å². The minimum absolute atomic E-state index is 0.0475. The molecule has 1 unspecified atom stereocenters. The molecule has 1 saturated heterocycles. The van der Waals surface area contributed by atoms with Gasteiger partial charge in [0.05, 0.1) is 25.8 Å². The first kappa shape index (κ1) is 20.5. The summed E-state index contributed by atoms with van der Waals surface area (Å²) in [6.07, 6.45) is 0. The van der Waals surface area contributed by atoms with Crippen molar-refractivity contribution >= 4 is 17.4 Å². The lowest BCUT2D eigenvalue weighted by atomic mass is 10.2. The van der Waals surface area contributed by atoms with Crippen LogP contribution in [0.15, 0.2) is 35.7 Å². The highest BCUT2D eigenvalue weighted by atomic mass is 32.1. The summed E-state index contributed by atoms with van der Waals surface area (Å²) < 4.78 is 37.0. The van der Waals surface area contributed by atoms with Gasteiger partial charge in [0, 0.05) is 30.6 Å². The standard InChI is InChI=1S/C19H23F2N3O3S/c20-14-3-4-17(15(21)12-14)27-8-5-22-19(25)23-13-16(18-2-1-11-28-18)24-6-9-26-10-7-24/h1-4,11-12,16H,5-10,13H2,(H2,22,23,25). The van der Waals surface area contributed by atoms with Crippen LogP contribution in [0, 0.1) is 11.6 Å². The molecule has 0 saturated carbocycles. The second-order valence-corrected chi connectivity index (χ2v) is 7.22. The Kier molecular flexibility index (Phi) is 7.58. The van der Waals surface area contributed by atoms with Crippen molar-refractivity contribution in [3.63, 3.8) is 0 Å². The number of carbonyl (C=O) groups is 1. The van der Waals surface area contributed by atoms with Gasteiger partial charge in [-0.25, -0.2) is 13.6 Å². The van der Waals surface area contributed by atoms with E-state index in [2.05, 4.69) is 21.6 Å². The number of ether oxygens (including phenoxy) is 2. The smallest absolute Gasteiger partial charge is 0.314 e. The molecule has 0 radical (unpaired) electrons. The Morgan fingerprint density at radius 3 is 2.79 bits per heavy atom. The molecule has 6 nitrogen and oxygen atoms in total. The quantitative estimate of drug-likeness (QED) is 0.656. The first-order chi connectivity index (χ1) is 13.6. The second-order valence-electron chi connectivity index (χ2n) is 6.24. The lowest BCUT2D eigenvalue weighted by Crippen LogP contribution is -2.46. The molecule has 0 spiro atoms. The van der Waals surface area contributed by atoms with Gasteiger partial charge in [0.25, 0.3) is 0 Å². The number of morpholine rings is 1. The molecule has 0 aliphatic carbocycles. The van der Waals surface area contributed by atoms with Crippen molar-refractivity contribution in [1.29, 1.82) is 0 Å². The summed E-state index contributed by atoms with van der Waals surface area (Å²) in [5.41, 5.74) is 0. The molecule has 1 fully saturated rings. The average Bonchev–Trinajstić information content (AvgIpc) is 3.22. The maximum Gasteiger partial charge on any atom is 0.314 e. The Morgan fingerprint density at radius 1 is 1.25 bits per heavy atom. The number of urea groups is 1. The van der Waals surface area contributed by atoms with Gasteiger partial charge in [0.15, 0.2) is 11.6 Å². The summed E-state index contributed by atoms with van der Waals surface area (Å²) in [7, 11) is 0. The van der Waals surface area contributed by atoms with Gasteiger partial charge in [-0.2, -0.15) is 0 Å². The van der Waals surface area contributed by atoms with Gasteiger partial charge in [-0.05, 0) is 23.6 Å². The van der Waals surface area contributed by atoms with Gasteiger partial charge in [-0.3, -0.25) is 4.90 Å². The summed E-state index contributed by atoms with van der Waals surface area (Å²) >= 11 is 1.66. The Hall–Kier alpha value is -2.23. The Morgan fingerprint density at radius 2 is 2.07 bits per heavy atom. The Balaban J connectivity index is 1.42. The summed E-state index contributed by atoms with van der Waals surface area (Å²) in [4.78, 5) is 15.6. The van der Waals surface area contributed by atoms with Crippen LogP contribution in [-0.2, 0) is 4.74 Å². The minimum atomic E-state index is -0.770. The maximum absolute atomic E-state index is 13.5. The molecule has 2 aromatic rings. The van der Waals surface area contributed by atoms with E-state index in [-0.39, 0.29) is 31.0 Å². The van der Waals surface area contributed by atoms with Crippen molar-refractivity contribution in [2.24, 2.45) is 0 Å². The first-order valence-electron chi connectivity index (χ1n) is 9.08. The SMILES string of the molecule is O=C(NCCOc1ccc(F)cc1F)NCC(c1cccs1)N1CCOCC1. The molecule has 1 aromatic carbocycles. The van der Waals surface area contributed by atoms with Crippen LogP contribution >= 0.6 is 11.3 Å². The zero-order chi connectivity index (χ0) is 19.8. The summed E-state index contributed by atoms with van der Waals surface area (Å²) in [6, 6.07) is 6.94. The zero-order valence-corrected chi connectivity index (χ0v) is 16.1. The molecule has 28 heavy (non-hydrogen) atoms. The van der Waals surface area contributed by atoms with E-state index in [4.69, 9.17) is 9.47 Å². The number of halogens is 2. The van der Waals surface area contributed by atoms with Gasteiger partial charge in [0.2, 0.25) is 0 Å². The number of benzene rings is 1. The molecule has 1 aliphatic heterocycles. The Bertz CT molecular complexity index is 755. The van der Waals surface area contributed by atoms with Crippen molar-refractivity contribution in [3.05, 3.63) is 52.2 Å². The normalized spacial score (nSPS) is 15.8. The zero-order valence-electron chi connectivity index (χ0n) is 15.3. The van der Waals surface area contributed by atoms with Crippen molar-refractivity contribution in [2.75, 3.05) is 46.0 Å². The number of thiophene rings is 1. The van der Waals surface area contributed by atoms with E-state index in [1.807, 2.05) is 11.4 Å². The van der Waals surface area contributed by atoms with Crippen LogP contribution in [-0.4, -0.2) is 56.9 Å². The number of nitrogens with zero attached hydrogens (tertiary/aromatic N) is 1. The van der Waals surface area contributed by atoms with Gasteiger partial charge >= 0.3 is 6.03 Å². The number of rotatable bonds is 8. The number of hydrogen-bond acceptors (Lipinski definition) is 5. The molecule has 1 aliphatic rings. The van der Waals surface area contributed by atoms with Crippen LogP contribution in [0.1, 0.15) is 10.9 Å². The molecule has 2 N–H and O–H groups in total. The molecule has 2 amide bonds. The third-order valence-corrected chi connectivity index (χ3v) is 5.33. The maximum atomic E-state index is 13.5. The van der Waals surface area contributed by atoms with E-state index in [0.717, 1.165) is 25.2 Å². The van der Waals surface area contributed by atoms with Gasteiger partial charge in [0.1, 0.15) is 12.4 Å². The topological polar surface area (TPSA) is 62.8 Å². The predicted octanol–water partition coefficient (Wildman–Crippen LogP) is 2.78. The fourth-order valence-corrected chi connectivity index (χ4v) is 3.81. The van der Waals surface area contributed by atoms with E-state index in [1.54, 1.807) is 11.3 Å². The minimum Gasteiger partial charge on any atom is -0.489 e. The number of amides is 2. The van der Waals surface area contributed by atoms with Gasteiger partial charge < -0.3 is 20.1 Å². The number of carbonyl (C=O) groups excluding carboxylic acids is 1. The van der Waals surface area contributed by atoms with Crippen molar-refractivity contribution < 1.29 is 23.0 Å². The fourth-order valence-electron chi connectivity index (χ4n) is 2.95. The van der Waals surface area contributed by atoms with E-state index in [9.17, 15) is 13.6 Å². The second kappa shape index (κ2) is 10.4. The molecule has 1 atom stereocenters. The van der Waals surface area contributed by atoms with Crippen LogP contribution in [0.5, 0.6) is 5.75 Å². The first-order valence-corrected chi connectivity index (χ1v) is 9.96. The lowest BCUT2D eigenvalue weighted by Gasteiger charge is -2.34. The largest absolute Gasteiger partial charge is 0.489 e.